The van der Waals surface area contributed by atoms with E-state index in [1.807, 2.05) is 39.6 Å². The second-order valence-electron chi connectivity index (χ2n) is 15.1. The van der Waals surface area contributed by atoms with Gasteiger partial charge in [-0.05, 0) is 74.4 Å². The Morgan fingerprint density at radius 3 is 2.46 bits per heavy atom. The summed E-state index contributed by atoms with van der Waals surface area (Å²) in [6.45, 7) is 9.95. The molecule has 5 amide bonds. The van der Waals surface area contributed by atoms with E-state index < -0.39 is 59.8 Å². The highest BCUT2D eigenvalue weighted by molar-refractivity contribution is 7.09. The first-order valence-electron chi connectivity index (χ1n) is 19.2. The average Bonchev–Trinajstić information content (AvgIpc) is 3.67. The van der Waals surface area contributed by atoms with Gasteiger partial charge in [0.2, 0.25) is 17.7 Å². The normalized spacial score (nSPS) is 20.4. The second kappa shape index (κ2) is 20.0. The minimum Gasteiger partial charge on any atom is -0.455 e. The Hall–Kier alpha value is -4.64. The number of thiazole rings is 1. The first-order valence-corrected chi connectivity index (χ1v) is 20.0. The highest BCUT2D eigenvalue weighted by Gasteiger charge is 2.38. The Morgan fingerprint density at radius 2 is 1.82 bits per heavy atom. The van der Waals surface area contributed by atoms with Crippen molar-refractivity contribution < 1.29 is 42.6 Å². The maximum absolute atomic E-state index is 14.2. The number of rotatable bonds is 14. The number of benzene rings is 1. The van der Waals surface area contributed by atoms with Crippen molar-refractivity contribution in [1.82, 2.24) is 36.3 Å². The Morgan fingerprint density at radius 1 is 1.09 bits per heavy atom. The van der Waals surface area contributed by atoms with Crippen LogP contribution >= 0.6 is 11.3 Å². The lowest BCUT2D eigenvalue weighted by Gasteiger charge is -2.38. The van der Waals surface area contributed by atoms with Crippen molar-refractivity contribution >= 4 is 47.0 Å². The lowest BCUT2D eigenvalue weighted by atomic mass is 9.79. The van der Waals surface area contributed by atoms with E-state index in [0.717, 1.165) is 44.3 Å². The number of nitrogens with one attached hydrogen (secondary N) is 4. The molecule has 308 valence electrons. The summed E-state index contributed by atoms with van der Waals surface area (Å²) < 4.78 is 24.5. The number of carbonyl (C=O) groups excluding carboxylic acids is 6. The monoisotopic (exact) mass is 801 g/mol. The van der Waals surface area contributed by atoms with Gasteiger partial charge in [-0.25, -0.2) is 19.6 Å². The highest BCUT2D eigenvalue weighted by atomic mass is 32.1. The number of aromatic nitrogens is 1. The molecule has 7 atom stereocenters. The number of amides is 5. The Bertz CT molecular complexity index is 1740. The quantitative estimate of drug-likeness (QED) is 0.161. The van der Waals surface area contributed by atoms with Crippen LogP contribution in [0.5, 0.6) is 0 Å². The van der Waals surface area contributed by atoms with Gasteiger partial charge in [0.05, 0.1) is 19.1 Å². The van der Waals surface area contributed by atoms with Gasteiger partial charge in [-0.1, -0.05) is 46.6 Å². The summed E-state index contributed by atoms with van der Waals surface area (Å²) in [5, 5.41) is 7.90. The minimum absolute atomic E-state index is 0.0678. The van der Waals surface area contributed by atoms with Crippen LogP contribution in [0.15, 0.2) is 23.6 Å². The third-order valence-electron chi connectivity index (χ3n) is 10.9. The molecule has 0 saturated carbocycles. The van der Waals surface area contributed by atoms with E-state index in [4.69, 9.17) is 4.74 Å². The number of likely N-dealkylation sites (N-methyl/N-ethyl adjacent to an activating group) is 2. The molecule has 1 saturated heterocycles. The van der Waals surface area contributed by atoms with Crippen molar-refractivity contribution in [3.8, 4) is 0 Å². The zero-order valence-corrected chi connectivity index (χ0v) is 34.3. The van der Waals surface area contributed by atoms with Crippen LogP contribution in [0, 0.1) is 17.7 Å². The molecule has 2 aromatic rings. The number of halogens is 1. The molecule has 17 heteroatoms. The SMILES string of the molecule is CC[C@H](C)C(NC(=O)[C@H]1CCCCN1C)C(=O)N(C)[C@H](C[C@@H](OC(C)=O)c1nc(C(=O)N[C@H]2Cc3ccc(F)cc3[C@H](C(=O)NNC(=O)OC)C2)cs1)C(C)C. The molecule has 1 aromatic carbocycles. The molecule has 0 radical (unpaired) electrons. The molecule has 1 aromatic heterocycles. The van der Waals surface area contributed by atoms with Crippen molar-refractivity contribution in [2.24, 2.45) is 11.8 Å². The maximum atomic E-state index is 14.2. The van der Waals surface area contributed by atoms with Gasteiger partial charge >= 0.3 is 12.1 Å². The molecule has 1 aliphatic carbocycles. The molecule has 0 spiro atoms. The summed E-state index contributed by atoms with van der Waals surface area (Å²) in [5.41, 5.74) is 5.57. The van der Waals surface area contributed by atoms with Gasteiger partial charge in [0.1, 0.15) is 22.6 Å². The number of hydrazine groups is 1. The summed E-state index contributed by atoms with van der Waals surface area (Å²) >= 11 is 1.14. The largest absolute Gasteiger partial charge is 0.455 e. The number of carbonyl (C=O) groups is 6. The summed E-state index contributed by atoms with van der Waals surface area (Å²) in [4.78, 5) is 86.5. The van der Waals surface area contributed by atoms with E-state index in [-0.39, 0.29) is 48.2 Å². The first kappa shape index (κ1) is 44.1. The number of fused-ring (bicyclic) bond motifs is 1. The molecule has 1 fully saturated rings. The molecule has 4 rings (SSSR count). The number of nitrogens with zero attached hydrogens (tertiary/aromatic N) is 3. The fourth-order valence-corrected chi connectivity index (χ4v) is 8.30. The fraction of sp³-hybridized carbons (Fsp3) is 0.615. The molecule has 56 heavy (non-hydrogen) atoms. The van der Waals surface area contributed by atoms with Crippen LogP contribution in [-0.2, 0) is 35.1 Å². The fourth-order valence-electron chi connectivity index (χ4n) is 7.46. The van der Waals surface area contributed by atoms with E-state index in [1.54, 1.807) is 23.4 Å². The summed E-state index contributed by atoms with van der Waals surface area (Å²) in [7, 11) is 4.77. The van der Waals surface area contributed by atoms with Gasteiger partial charge in [-0.3, -0.25) is 34.3 Å². The van der Waals surface area contributed by atoms with Gasteiger partial charge in [0, 0.05) is 37.9 Å². The Balaban J connectivity index is 1.50. The molecule has 2 aliphatic rings. The van der Waals surface area contributed by atoms with E-state index in [1.165, 1.54) is 19.1 Å². The number of piperidine rings is 1. The lowest BCUT2D eigenvalue weighted by molar-refractivity contribution is -0.149. The topological polar surface area (TPSA) is 188 Å². The van der Waals surface area contributed by atoms with Crippen molar-refractivity contribution in [3.05, 3.63) is 51.2 Å². The number of methoxy groups -OCH3 is 1. The van der Waals surface area contributed by atoms with Crippen LogP contribution in [0.1, 0.15) is 112 Å². The predicted molar refractivity (Wildman–Crippen MR) is 207 cm³/mol. The third kappa shape index (κ3) is 11.2. The van der Waals surface area contributed by atoms with E-state index in [0.29, 0.717) is 29.0 Å². The van der Waals surface area contributed by atoms with Crippen molar-refractivity contribution in [2.75, 3.05) is 27.7 Å². The van der Waals surface area contributed by atoms with Crippen LogP contribution in [0.4, 0.5) is 9.18 Å². The molecule has 4 N–H and O–H groups in total. The number of likely N-dealkylation sites (tertiary alicyclic amines) is 1. The standard InChI is InChI=1S/C39H56FN7O8S/c1-9-22(4)33(43-36(51)30-12-10-11-15-46(30)6)38(52)47(7)31(21(2)3)19-32(55-23(5)48)37-42-29(20-56-37)35(50)41-26-16-24-13-14-25(40)17-27(24)28(18-26)34(49)44-45-39(53)54-8/h13-14,17,20-22,26,28,30-33H,9-12,15-16,18-19H2,1-8H3,(H,41,50)(H,43,51)(H,44,49)(H,45,53)/t22-,26-,28+,30+,31+,32+,33?/m0/s1. The van der Waals surface area contributed by atoms with Crippen LogP contribution in [0.3, 0.4) is 0 Å². The molecular formula is C39H56FN7O8S. The van der Waals surface area contributed by atoms with Gasteiger partial charge in [0.15, 0.2) is 6.10 Å². The Labute approximate surface area is 331 Å². The number of hydrogen-bond acceptors (Lipinski definition) is 11. The minimum atomic E-state index is -0.897. The van der Waals surface area contributed by atoms with Gasteiger partial charge in [0.25, 0.3) is 5.91 Å². The smallest absolute Gasteiger partial charge is 0.425 e. The lowest BCUT2D eigenvalue weighted by Crippen LogP contribution is -2.58. The molecule has 1 unspecified atom stereocenters. The second-order valence-corrected chi connectivity index (χ2v) is 16.0. The van der Waals surface area contributed by atoms with Gasteiger partial charge < -0.3 is 25.0 Å². The van der Waals surface area contributed by atoms with Crippen molar-refractivity contribution in [3.63, 3.8) is 0 Å². The Kier molecular flexibility index (Phi) is 15.7. The first-order chi connectivity index (χ1) is 26.5. The predicted octanol–water partition coefficient (Wildman–Crippen LogP) is 3.99. The zero-order valence-electron chi connectivity index (χ0n) is 33.5. The van der Waals surface area contributed by atoms with E-state index in [9.17, 15) is 33.2 Å². The summed E-state index contributed by atoms with van der Waals surface area (Å²) in [5.74, 6) is -3.74. The highest BCUT2D eigenvalue weighted by Crippen LogP contribution is 2.34. The summed E-state index contributed by atoms with van der Waals surface area (Å²) in [6, 6.07) is 2.07. The van der Waals surface area contributed by atoms with Crippen molar-refractivity contribution in [2.45, 2.75) is 116 Å². The average molecular weight is 802 g/mol. The third-order valence-corrected chi connectivity index (χ3v) is 11.8. The molecular weight excluding hydrogens is 746 g/mol. The number of ether oxygens (including phenoxy) is 2. The van der Waals surface area contributed by atoms with Crippen molar-refractivity contribution in [1.29, 1.82) is 0 Å². The number of esters is 1. The number of hydrogen-bond donors (Lipinski definition) is 4. The molecule has 15 nitrogen and oxygen atoms in total. The van der Waals surface area contributed by atoms with Crippen LogP contribution < -0.4 is 21.5 Å². The molecule has 2 heterocycles. The van der Waals surface area contributed by atoms with Gasteiger partial charge in [-0.2, -0.15) is 0 Å². The zero-order chi connectivity index (χ0) is 41.3. The molecule has 0 bridgehead atoms. The van der Waals surface area contributed by atoms with Gasteiger partial charge in [-0.15, -0.1) is 11.3 Å². The van der Waals surface area contributed by atoms with E-state index in [2.05, 4.69) is 31.2 Å². The van der Waals surface area contributed by atoms with Crippen LogP contribution in [0.2, 0.25) is 0 Å². The van der Waals surface area contributed by atoms with Crippen LogP contribution in [0.25, 0.3) is 0 Å². The van der Waals surface area contributed by atoms with E-state index >= 15 is 0 Å². The molecule has 1 aliphatic heterocycles. The maximum Gasteiger partial charge on any atom is 0.425 e. The summed E-state index contributed by atoms with van der Waals surface area (Å²) in [6.07, 6.45) is 2.22. The van der Waals surface area contributed by atoms with Crippen LogP contribution in [-0.4, -0.2) is 102 Å².